The number of halogens is 2. The highest BCUT2D eigenvalue weighted by Gasteiger charge is 2.72. The Bertz CT molecular complexity index is 1150. The molecule has 1 heterocycles. The molecule has 0 aromatic heterocycles. The number of nitrogens with zero attached hydrogens (tertiary/aromatic N) is 1. The molecule has 7 rings (SSSR count). The van der Waals surface area contributed by atoms with E-state index in [9.17, 15) is 9.59 Å². The zero-order valence-electron chi connectivity index (χ0n) is 16.1. The lowest BCUT2D eigenvalue weighted by Gasteiger charge is -2.55. The lowest BCUT2D eigenvalue weighted by molar-refractivity contribution is -0.122. The number of alkyl halides is 2. The minimum atomic E-state index is -0.744. The van der Waals surface area contributed by atoms with E-state index in [-0.39, 0.29) is 11.8 Å². The van der Waals surface area contributed by atoms with Crippen molar-refractivity contribution in [2.75, 3.05) is 4.90 Å². The maximum atomic E-state index is 13.9. The van der Waals surface area contributed by atoms with Crippen LogP contribution >= 0.6 is 31.9 Å². The van der Waals surface area contributed by atoms with E-state index >= 15 is 0 Å². The third kappa shape index (κ3) is 1.96. The van der Waals surface area contributed by atoms with Crippen molar-refractivity contribution in [2.45, 2.75) is 15.6 Å². The predicted octanol–water partition coefficient (Wildman–Crippen LogP) is 5.40. The Morgan fingerprint density at radius 1 is 0.700 bits per heavy atom. The summed E-state index contributed by atoms with van der Waals surface area (Å²) in [5, 5.41) is 0. The Morgan fingerprint density at radius 3 is 1.53 bits per heavy atom. The summed E-state index contributed by atoms with van der Waals surface area (Å²) in [5.41, 5.74) is 5.85. The van der Waals surface area contributed by atoms with Gasteiger partial charge in [-0.2, -0.15) is 0 Å². The van der Waals surface area contributed by atoms with E-state index in [1.54, 1.807) is 0 Å². The van der Waals surface area contributed by atoms with E-state index in [4.69, 9.17) is 0 Å². The number of imide groups is 1. The molecule has 1 saturated heterocycles. The van der Waals surface area contributed by atoms with E-state index in [2.05, 4.69) is 56.1 Å². The zero-order chi connectivity index (χ0) is 20.8. The maximum absolute atomic E-state index is 13.9. The first-order valence-corrected chi connectivity index (χ1v) is 11.5. The molecular weight excluding hydrogens is 506 g/mol. The molecule has 5 heteroatoms. The molecule has 0 N–H and O–H groups in total. The van der Waals surface area contributed by atoms with E-state index in [0.29, 0.717) is 5.69 Å². The van der Waals surface area contributed by atoms with Gasteiger partial charge < -0.3 is 0 Å². The van der Waals surface area contributed by atoms with Crippen LogP contribution < -0.4 is 4.90 Å². The lowest BCUT2D eigenvalue weighted by atomic mass is 9.54. The van der Waals surface area contributed by atoms with Gasteiger partial charge in [-0.1, -0.05) is 92.5 Å². The van der Waals surface area contributed by atoms with Gasteiger partial charge in [-0.25, -0.2) is 4.90 Å². The van der Waals surface area contributed by atoms with Crippen LogP contribution in [-0.2, 0) is 18.2 Å². The highest BCUT2D eigenvalue weighted by molar-refractivity contribution is 9.10. The fourth-order valence-electron chi connectivity index (χ4n) is 5.69. The topological polar surface area (TPSA) is 37.4 Å². The van der Waals surface area contributed by atoms with Crippen LogP contribution in [0.15, 0.2) is 72.8 Å². The minimum absolute atomic E-state index is 0.152. The monoisotopic (exact) mass is 521 g/mol. The van der Waals surface area contributed by atoms with Crippen molar-refractivity contribution in [1.29, 1.82) is 0 Å². The summed E-state index contributed by atoms with van der Waals surface area (Å²) in [7, 11) is 0. The number of aryl methyl sites for hydroxylation is 1. The van der Waals surface area contributed by atoms with Gasteiger partial charge in [-0.3, -0.25) is 9.59 Å². The molecule has 2 bridgehead atoms. The van der Waals surface area contributed by atoms with Gasteiger partial charge in [0, 0.05) is 0 Å². The molecule has 0 unspecified atom stereocenters. The van der Waals surface area contributed by atoms with Crippen LogP contribution in [0.5, 0.6) is 0 Å². The first-order chi connectivity index (χ1) is 14.4. The number of anilines is 1. The van der Waals surface area contributed by atoms with Gasteiger partial charge in [0.05, 0.1) is 26.2 Å². The largest absolute Gasteiger partial charge is 0.274 e. The summed E-state index contributed by atoms with van der Waals surface area (Å²) in [6.45, 7) is 1.97. The fourth-order valence-corrected chi connectivity index (χ4v) is 7.99. The van der Waals surface area contributed by atoms with Crippen molar-refractivity contribution in [1.82, 2.24) is 0 Å². The van der Waals surface area contributed by atoms with Crippen LogP contribution in [-0.4, -0.2) is 11.8 Å². The average Bonchev–Trinajstić information content (AvgIpc) is 3.03. The molecule has 1 fully saturated rings. The molecule has 3 aromatic rings. The van der Waals surface area contributed by atoms with Crippen LogP contribution in [0.1, 0.15) is 27.8 Å². The molecule has 3 aliphatic carbocycles. The molecule has 2 amide bonds. The van der Waals surface area contributed by atoms with Crippen LogP contribution in [0.2, 0.25) is 0 Å². The SMILES string of the molecule is Cc1cccc(N2C(=O)[C@H]3[C@H](C2=O)C2(Br)c4ccccc4C3(Br)c3ccccc32)c1. The van der Waals surface area contributed by atoms with Crippen molar-refractivity contribution in [3.8, 4) is 0 Å². The molecule has 3 nitrogen and oxygen atoms in total. The highest BCUT2D eigenvalue weighted by atomic mass is 79.9. The minimum Gasteiger partial charge on any atom is -0.274 e. The van der Waals surface area contributed by atoms with E-state index in [0.717, 1.165) is 27.8 Å². The van der Waals surface area contributed by atoms with Crippen LogP contribution in [0.4, 0.5) is 5.69 Å². The lowest BCUT2D eigenvalue weighted by Crippen LogP contribution is -2.56. The van der Waals surface area contributed by atoms with Gasteiger partial charge in [0.1, 0.15) is 0 Å². The third-order valence-electron chi connectivity index (χ3n) is 6.85. The Balaban J connectivity index is 1.67. The second-order valence-corrected chi connectivity index (χ2v) is 10.8. The number of rotatable bonds is 1. The van der Waals surface area contributed by atoms with Gasteiger partial charge >= 0.3 is 0 Å². The average molecular weight is 523 g/mol. The van der Waals surface area contributed by atoms with Gasteiger partial charge in [-0.05, 0) is 46.9 Å². The molecule has 3 aromatic carbocycles. The number of benzene rings is 3. The maximum Gasteiger partial charge on any atom is 0.239 e. The summed E-state index contributed by atoms with van der Waals surface area (Å²) < 4.78 is -1.49. The van der Waals surface area contributed by atoms with Gasteiger partial charge in [0.15, 0.2) is 0 Å². The molecule has 30 heavy (non-hydrogen) atoms. The fraction of sp³-hybridized carbons (Fsp3) is 0.200. The van der Waals surface area contributed by atoms with Crippen molar-refractivity contribution >= 4 is 49.4 Å². The molecule has 0 radical (unpaired) electrons. The summed E-state index contributed by atoms with van der Waals surface area (Å²) in [4.78, 5) is 29.1. The highest BCUT2D eigenvalue weighted by Crippen LogP contribution is 2.70. The Kier molecular flexibility index (Phi) is 3.66. The molecule has 4 aliphatic rings. The molecule has 2 atom stereocenters. The quantitative estimate of drug-likeness (QED) is 0.317. The standard InChI is InChI=1S/C25H17Br2NO2/c1-14-7-6-8-15(13-14)28-22(29)20-21(23(28)30)25(27)17-10-3-2-9-16(17)24(20,26)18-11-4-5-12-19(18)25/h2-13,20-21H,1H3/t20-,21-,24?,25?/m1/s1. The van der Waals surface area contributed by atoms with E-state index in [1.165, 1.54) is 4.90 Å². The molecule has 148 valence electrons. The van der Waals surface area contributed by atoms with Crippen molar-refractivity contribution in [3.63, 3.8) is 0 Å². The Labute approximate surface area is 191 Å². The first-order valence-electron chi connectivity index (χ1n) is 9.92. The Hall–Kier alpha value is -2.24. The van der Waals surface area contributed by atoms with E-state index in [1.807, 2.05) is 55.5 Å². The molecule has 0 saturated carbocycles. The van der Waals surface area contributed by atoms with E-state index < -0.39 is 20.5 Å². The second kappa shape index (κ2) is 5.92. The summed E-state index contributed by atoms with van der Waals surface area (Å²) in [6, 6.07) is 23.9. The summed E-state index contributed by atoms with van der Waals surface area (Å²) in [6.07, 6.45) is 0. The smallest absolute Gasteiger partial charge is 0.239 e. The van der Waals surface area contributed by atoms with Crippen LogP contribution in [0.3, 0.4) is 0 Å². The van der Waals surface area contributed by atoms with Crippen LogP contribution in [0.25, 0.3) is 0 Å². The number of amides is 2. The summed E-state index contributed by atoms with van der Waals surface area (Å²) >= 11 is 8.05. The van der Waals surface area contributed by atoms with Crippen molar-refractivity contribution in [2.24, 2.45) is 11.8 Å². The van der Waals surface area contributed by atoms with Crippen molar-refractivity contribution in [3.05, 3.63) is 101 Å². The second-order valence-electron chi connectivity index (χ2n) is 8.32. The van der Waals surface area contributed by atoms with Crippen LogP contribution in [0, 0.1) is 18.8 Å². The number of hydrogen-bond acceptors (Lipinski definition) is 2. The normalized spacial score (nSPS) is 30.8. The number of hydrogen-bond donors (Lipinski definition) is 0. The summed E-state index contributed by atoms with van der Waals surface area (Å²) in [5.74, 6) is -1.37. The Morgan fingerprint density at radius 2 is 1.13 bits per heavy atom. The molecule has 0 spiro atoms. The van der Waals surface area contributed by atoms with Gasteiger partial charge in [-0.15, -0.1) is 0 Å². The molecular formula is C25H17Br2NO2. The zero-order valence-corrected chi connectivity index (χ0v) is 19.3. The predicted molar refractivity (Wildman–Crippen MR) is 123 cm³/mol. The molecule has 1 aliphatic heterocycles. The van der Waals surface area contributed by atoms with Gasteiger partial charge in [0.2, 0.25) is 11.8 Å². The first kappa shape index (κ1) is 18.5. The third-order valence-corrected chi connectivity index (χ3v) is 9.54. The van der Waals surface area contributed by atoms with Gasteiger partial charge in [0.25, 0.3) is 0 Å². The number of carbonyl (C=O) groups is 2. The number of carbonyl (C=O) groups excluding carboxylic acids is 2. The van der Waals surface area contributed by atoms with Crippen molar-refractivity contribution < 1.29 is 9.59 Å².